The fourth-order valence-electron chi connectivity index (χ4n) is 11.5. The molecule has 15 aromatic rings. The molecule has 306 valence electrons. The largest absolute Gasteiger partial charge is 0.308 e. The predicted octanol–water partition coefficient (Wildman–Crippen LogP) is 16.6. The summed E-state index contributed by atoms with van der Waals surface area (Å²) in [6, 6.07) is 79.2. The number of para-hydroxylation sites is 6. The van der Waals surface area contributed by atoms with Crippen LogP contribution in [0.5, 0.6) is 0 Å². The Morgan fingerprint density at radius 1 is 0.303 bits per heavy atom. The summed E-state index contributed by atoms with van der Waals surface area (Å²) in [4.78, 5) is 10.5. The van der Waals surface area contributed by atoms with Gasteiger partial charge in [0.1, 0.15) is 5.65 Å². The van der Waals surface area contributed by atoms with E-state index in [1.54, 1.807) is 0 Å². The number of hydrogen-bond acceptors (Lipinski definition) is 3. The molecule has 5 heteroatoms. The van der Waals surface area contributed by atoms with Crippen LogP contribution in [0.15, 0.2) is 225 Å². The standard InChI is InChI=1S/C61H37N5/c1-5-21-40(22-6-1)63(41-23-7-2-8-24-41)50-33-17-31-46-48-35-38-19-13-15-29-44(38)53-55-52(65(57(46)50)59(48)53)37-62-61-56(55)54-45-30-16-14-20-39(45)36-49-47-32-18-34-51(58(47)66(61)60(49)54)64(42-25-9-3-10-26-42)43-27-11-4-12-28-43/h1-37H. The molecule has 0 radical (unpaired) electrons. The molecule has 0 aliphatic heterocycles. The SMILES string of the molecule is c1ccc(N(c2ccccc2)c2cccc3c4cc5ccccc5c5c6c7c8c9ccccc9cc9c%10cccc(N(c%11ccccc%11)c%11ccccc%11)c%10n(c7ncc6n(c23)c45)c98)cc1. The molecule has 0 saturated carbocycles. The van der Waals surface area contributed by atoms with Crippen molar-refractivity contribution in [1.82, 2.24) is 13.8 Å². The Kier molecular flexibility index (Phi) is 7.16. The van der Waals surface area contributed by atoms with Gasteiger partial charge in [-0.15, -0.1) is 0 Å². The van der Waals surface area contributed by atoms with Gasteiger partial charge in [-0.2, -0.15) is 0 Å². The lowest BCUT2D eigenvalue weighted by atomic mass is 9.96. The maximum Gasteiger partial charge on any atom is 0.146 e. The average Bonchev–Trinajstić information content (AvgIpc) is 4.11. The molecule has 0 amide bonds. The molecule has 15 rings (SSSR count). The molecule has 0 aliphatic rings. The van der Waals surface area contributed by atoms with Gasteiger partial charge in [0.25, 0.3) is 0 Å². The molecule has 0 N–H and O–H groups in total. The Bertz CT molecular complexity index is 4020. The van der Waals surface area contributed by atoms with Crippen molar-refractivity contribution in [1.29, 1.82) is 0 Å². The molecule has 0 unspecified atom stereocenters. The van der Waals surface area contributed by atoms with E-state index in [0.717, 1.165) is 56.3 Å². The van der Waals surface area contributed by atoms with E-state index in [2.05, 4.69) is 243 Å². The molecule has 0 bridgehead atoms. The van der Waals surface area contributed by atoms with Gasteiger partial charge in [-0.1, -0.05) is 146 Å². The van der Waals surface area contributed by atoms with Crippen molar-refractivity contribution in [2.24, 2.45) is 0 Å². The molecule has 0 atom stereocenters. The van der Waals surface area contributed by atoms with Gasteiger partial charge in [-0.25, -0.2) is 4.98 Å². The summed E-state index contributed by atoms with van der Waals surface area (Å²) in [6.45, 7) is 0. The Balaban J connectivity index is 1.17. The van der Waals surface area contributed by atoms with Gasteiger partial charge in [0, 0.05) is 65.8 Å². The highest BCUT2D eigenvalue weighted by Gasteiger charge is 2.30. The molecule has 0 aliphatic carbocycles. The first-order chi connectivity index (χ1) is 32.8. The fraction of sp³-hybridized carbons (Fsp3) is 0. The Morgan fingerprint density at radius 3 is 1.18 bits per heavy atom. The second kappa shape index (κ2) is 13.3. The average molecular weight is 840 g/mol. The van der Waals surface area contributed by atoms with E-state index in [0.29, 0.717) is 0 Å². The molecule has 66 heavy (non-hydrogen) atoms. The molecular weight excluding hydrogens is 803 g/mol. The number of aromatic nitrogens is 3. The van der Waals surface area contributed by atoms with Crippen LogP contribution >= 0.6 is 0 Å². The van der Waals surface area contributed by atoms with Crippen LogP contribution in [0, 0.1) is 0 Å². The van der Waals surface area contributed by atoms with Crippen molar-refractivity contribution in [2.45, 2.75) is 0 Å². The van der Waals surface area contributed by atoms with Gasteiger partial charge >= 0.3 is 0 Å². The Labute approximate surface area is 378 Å². The van der Waals surface area contributed by atoms with Crippen LogP contribution < -0.4 is 9.80 Å². The van der Waals surface area contributed by atoms with Crippen LogP contribution in [0.4, 0.5) is 34.1 Å². The molecule has 5 nitrogen and oxygen atoms in total. The van der Waals surface area contributed by atoms with E-state index in [-0.39, 0.29) is 0 Å². The van der Waals surface area contributed by atoms with Crippen molar-refractivity contribution in [2.75, 3.05) is 9.80 Å². The van der Waals surface area contributed by atoms with E-state index in [1.165, 1.54) is 75.7 Å². The van der Waals surface area contributed by atoms with E-state index < -0.39 is 0 Å². The summed E-state index contributed by atoms with van der Waals surface area (Å²) in [5, 5.41) is 14.7. The van der Waals surface area contributed by atoms with Crippen molar-refractivity contribution in [3.8, 4) is 0 Å². The number of benzene rings is 10. The monoisotopic (exact) mass is 839 g/mol. The Hall–Kier alpha value is -8.93. The zero-order chi connectivity index (χ0) is 43.0. The predicted molar refractivity (Wildman–Crippen MR) is 278 cm³/mol. The van der Waals surface area contributed by atoms with Gasteiger partial charge in [-0.3, -0.25) is 4.40 Å². The fourth-order valence-corrected chi connectivity index (χ4v) is 11.5. The quantitative estimate of drug-likeness (QED) is 0.167. The second-order valence-corrected chi connectivity index (χ2v) is 17.5. The minimum Gasteiger partial charge on any atom is -0.308 e. The molecule has 0 saturated heterocycles. The van der Waals surface area contributed by atoms with Gasteiger partial charge in [0.05, 0.1) is 45.2 Å². The molecule has 10 aromatic carbocycles. The van der Waals surface area contributed by atoms with Crippen molar-refractivity contribution < 1.29 is 0 Å². The van der Waals surface area contributed by atoms with Crippen LogP contribution in [-0.2, 0) is 0 Å². The zero-order valence-corrected chi connectivity index (χ0v) is 35.6. The van der Waals surface area contributed by atoms with E-state index in [1.807, 2.05) is 0 Å². The number of fused-ring (bicyclic) bond motifs is 17. The number of hydrogen-bond donors (Lipinski definition) is 0. The highest BCUT2D eigenvalue weighted by molar-refractivity contribution is 6.42. The first kappa shape index (κ1) is 35.5. The van der Waals surface area contributed by atoms with E-state index in [9.17, 15) is 0 Å². The van der Waals surface area contributed by atoms with Crippen LogP contribution in [0.25, 0.3) is 97.9 Å². The third-order valence-corrected chi connectivity index (χ3v) is 14.1. The summed E-state index contributed by atoms with van der Waals surface area (Å²) in [5.74, 6) is 0. The minimum absolute atomic E-state index is 0.959. The van der Waals surface area contributed by atoms with E-state index in [4.69, 9.17) is 4.98 Å². The van der Waals surface area contributed by atoms with Crippen LogP contribution in [0.1, 0.15) is 0 Å². The summed E-state index contributed by atoms with van der Waals surface area (Å²) in [6.07, 6.45) is 2.16. The highest BCUT2D eigenvalue weighted by atomic mass is 15.2. The lowest BCUT2D eigenvalue weighted by Crippen LogP contribution is -2.10. The number of pyridine rings is 1. The van der Waals surface area contributed by atoms with Crippen molar-refractivity contribution >= 4 is 132 Å². The minimum atomic E-state index is 0.959. The topological polar surface area (TPSA) is 28.2 Å². The lowest BCUT2D eigenvalue weighted by molar-refractivity contribution is 1.23. The van der Waals surface area contributed by atoms with Crippen molar-refractivity contribution in [3.63, 3.8) is 0 Å². The molecule has 0 fully saturated rings. The normalized spacial score (nSPS) is 12.2. The van der Waals surface area contributed by atoms with Gasteiger partial charge in [0.15, 0.2) is 0 Å². The van der Waals surface area contributed by atoms with Crippen LogP contribution in [0.2, 0.25) is 0 Å². The third-order valence-electron chi connectivity index (χ3n) is 14.1. The second-order valence-electron chi connectivity index (χ2n) is 17.5. The van der Waals surface area contributed by atoms with Crippen LogP contribution in [0.3, 0.4) is 0 Å². The van der Waals surface area contributed by atoms with Crippen molar-refractivity contribution in [3.05, 3.63) is 225 Å². The zero-order valence-electron chi connectivity index (χ0n) is 35.6. The Morgan fingerprint density at radius 2 is 0.697 bits per heavy atom. The molecule has 5 heterocycles. The maximum absolute atomic E-state index is 5.68. The number of rotatable bonds is 6. The first-order valence-corrected chi connectivity index (χ1v) is 22.6. The van der Waals surface area contributed by atoms with Gasteiger partial charge in [-0.05, 0) is 94.3 Å². The van der Waals surface area contributed by atoms with Gasteiger partial charge < -0.3 is 14.2 Å². The van der Waals surface area contributed by atoms with Crippen LogP contribution in [-0.4, -0.2) is 13.8 Å². The smallest absolute Gasteiger partial charge is 0.146 e. The number of anilines is 6. The lowest BCUT2D eigenvalue weighted by Gasteiger charge is -2.26. The van der Waals surface area contributed by atoms with Gasteiger partial charge in [0.2, 0.25) is 0 Å². The first-order valence-electron chi connectivity index (χ1n) is 22.6. The molecular formula is C61H37N5. The highest BCUT2D eigenvalue weighted by Crippen LogP contribution is 2.53. The number of nitrogens with zero attached hydrogens (tertiary/aromatic N) is 5. The summed E-state index contributed by atoms with van der Waals surface area (Å²) in [7, 11) is 0. The molecule has 5 aromatic heterocycles. The summed E-state index contributed by atoms with van der Waals surface area (Å²) in [5.41, 5.74) is 13.4. The maximum atomic E-state index is 5.68. The third kappa shape index (κ3) is 4.65. The summed E-state index contributed by atoms with van der Waals surface area (Å²) >= 11 is 0. The summed E-state index contributed by atoms with van der Waals surface area (Å²) < 4.78 is 5.03. The van der Waals surface area contributed by atoms with E-state index >= 15 is 0 Å². The molecule has 0 spiro atoms.